The van der Waals surface area contributed by atoms with Gasteiger partial charge >= 0.3 is 0 Å². The highest BCUT2D eigenvalue weighted by atomic mass is 16.2. The Morgan fingerprint density at radius 1 is 0.976 bits per heavy atom. The van der Waals surface area contributed by atoms with E-state index in [1.807, 2.05) is 24.4 Å². The lowest BCUT2D eigenvalue weighted by Crippen LogP contribution is -2.58. The molecule has 4 aliphatic rings. The topological polar surface area (TPSA) is 149 Å². The van der Waals surface area contributed by atoms with Crippen LogP contribution >= 0.6 is 0 Å². The molecule has 5 amide bonds. The Morgan fingerprint density at radius 3 is 2.48 bits per heavy atom. The molecule has 3 atom stereocenters. The molecule has 5 heterocycles. The van der Waals surface area contributed by atoms with Crippen molar-refractivity contribution in [1.29, 1.82) is 0 Å². The number of nitrogens with two attached hydrogens (primary N) is 1. The lowest BCUT2D eigenvalue weighted by molar-refractivity contribution is -0.136. The molecule has 3 saturated heterocycles. The molecule has 0 radical (unpaired) electrons. The zero-order valence-electron chi connectivity index (χ0n) is 23.4. The number of likely N-dealkylation sites (tertiary alicyclic amines) is 1. The van der Waals surface area contributed by atoms with Gasteiger partial charge in [-0.1, -0.05) is 12.1 Å². The summed E-state index contributed by atoms with van der Waals surface area (Å²) >= 11 is 0. The van der Waals surface area contributed by atoms with Crippen LogP contribution in [0, 0.1) is 0 Å². The molecular formula is C30H35N7O5. The minimum Gasteiger partial charge on any atom is -0.368 e. The summed E-state index contributed by atoms with van der Waals surface area (Å²) in [4.78, 5) is 75.3. The summed E-state index contributed by atoms with van der Waals surface area (Å²) in [6.45, 7) is 5.10. The van der Waals surface area contributed by atoms with Gasteiger partial charge in [0.05, 0.1) is 17.2 Å². The van der Waals surface area contributed by atoms with Gasteiger partial charge in [0.15, 0.2) is 0 Å². The van der Waals surface area contributed by atoms with Crippen molar-refractivity contribution in [3.63, 3.8) is 0 Å². The van der Waals surface area contributed by atoms with Crippen LogP contribution in [0.1, 0.15) is 52.0 Å². The number of amides is 5. The second kappa shape index (κ2) is 11.6. The van der Waals surface area contributed by atoms with Crippen molar-refractivity contribution < 1.29 is 24.0 Å². The maximum atomic E-state index is 13.3. The number of piperidine rings is 2. The standard InChI is InChI=1S/C30H35N7O5/c31-27(39)24(36-11-3-4-20(18-36)34-12-14-35(15-13-34)25-5-1-2-10-32-25)17-19-6-7-21-22(16-19)30(42)37(29(21)41)23-8-9-26(38)33-28(23)40/h1-2,5-7,10,16,20,23-24H,3-4,8-9,11-15,17-18H2,(H2,31,39)(H,33,38,40). The first-order chi connectivity index (χ1) is 20.3. The van der Waals surface area contributed by atoms with E-state index in [1.165, 1.54) is 0 Å². The van der Waals surface area contributed by atoms with E-state index in [4.69, 9.17) is 5.73 Å². The molecule has 3 unspecified atom stereocenters. The summed E-state index contributed by atoms with van der Waals surface area (Å²) in [5, 5.41) is 2.21. The quantitative estimate of drug-likeness (QED) is 0.442. The number of aromatic nitrogens is 1. The number of carbonyl (C=O) groups is 5. The van der Waals surface area contributed by atoms with Crippen molar-refractivity contribution >= 4 is 35.4 Å². The van der Waals surface area contributed by atoms with Crippen LogP contribution in [0.15, 0.2) is 42.6 Å². The van der Waals surface area contributed by atoms with E-state index >= 15 is 0 Å². The van der Waals surface area contributed by atoms with Crippen molar-refractivity contribution in [2.75, 3.05) is 44.2 Å². The van der Waals surface area contributed by atoms with Gasteiger partial charge in [-0.2, -0.15) is 0 Å². The zero-order valence-corrected chi connectivity index (χ0v) is 23.4. The molecule has 12 nitrogen and oxygen atoms in total. The third-order valence-corrected chi connectivity index (χ3v) is 8.93. The molecule has 0 spiro atoms. The summed E-state index contributed by atoms with van der Waals surface area (Å²) in [6.07, 6.45) is 4.29. The maximum absolute atomic E-state index is 13.3. The van der Waals surface area contributed by atoms with Crippen molar-refractivity contribution in [1.82, 2.24) is 25.0 Å². The van der Waals surface area contributed by atoms with Gasteiger partial charge in [0.2, 0.25) is 17.7 Å². The molecule has 3 fully saturated rings. The van der Waals surface area contributed by atoms with Gasteiger partial charge in [-0.05, 0) is 62.1 Å². The second-order valence-electron chi connectivity index (χ2n) is 11.5. The van der Waals surface area contributed by atoms with Crippen LogP contribution in [0.5, 0.6) is 0 Å². The highest BCUT2D eigenvalue weighted by Crippen LogP contribution is 2.29. The van der Waals surface area contributed by atoms with Gasteiger partial charge in [0.25, 0.3) is 11.8 Å². The molecule has 2 aromatic rings. The Morgan fingerprint density at radius 2 is 1.76 bits per heavy atom. The predicted molar refractivity (Wildman–Crippen MR) is 152 cm³/mol. The van der Waals surface area contributed by atoms with Crippen LogP contribution in [-0.2, 0) is 20.8 Å². The van der Waals surface area contributed by atoms with Crippen LogP contribution in [-0.4, -0.2) is 107 Å². The number of hydrogen-bond acceptors (Lipinski definition) is 9. The number of anilines is 1. The maximum Gasteiger partial charge on any atom is 0.262 e. The largest absolute Gasteiger partial charge is 0.368 e. The highest BCUT2D eigenvalue weighted by Gasteiger charge is 2.45. The average Bonchev–Trinajstić information content (AvgIpc) is 3.25. The van der Waals surface area contributed by atoms with Gasteiger partial charge in [-0.3, -0.25) is 44.0 Å². The van der Waals surface area contributed by atoms with E-state index in [9.17, 15) is 24.0 Å². The summed E-state index contributed by atoms with van der Waals surface area (Å²) < 4.78 is 0. The van der Waals surface area contributed by atoms with Crippen LogP contribution in [0.3, 0.4) is 0 Å². The van der Waals surface area contributed by atoms with Crippen LogP contribution in [0.2, 0.25) is 0 Å². The monoisotopic (exact) mass is 573 g/mol. The SMILES string of the molecule is NC(=O)C(Cc1ccc2c(c1)C(=O)N(C1CCC(=O)NC1=O)C2=O)N1CCCC(N2CCN(c3ccccn3)CC2)C1. The number of fused-ring (bicyclic) bond motifs is 1. The van der Waals surface area contributed by atoms with E-state index in [-0.39, 0.29) is 24.0 Å². The number of pyridine rings is 1. The Kier molecular flexibility index (Phi) is 7.74. The fourth-order valence-electron chi connectivity index (χ4n) is 6.70. The molecular weight excluding hydrogens is 538 g/mol. The lowest BCUT2D eigenvalue weighted by atomic mass is 9.96. The van der Waals surface area contributed by atoms with Crippen molar-refractivity contribution in [2.24, 2.45) is 5.73 Å². The minimum absolute atomic E-state index is 0.0616. The first-order valence-corrected chi connectivity index (χ1v) is 14.6. The van der Waals surface area contributed by atoms with E-state index in [0.717, 1.165) is 68.4 Å². The first-order valence-electron chi connectivity index (χ1n) is 14.6. The molecule has 0 aliphatic carbocycles. The number of piperazine rings is 1. The number of nitrogens with zero attached hydrogens (tertiary/aromatic N) is 5. The number of nitrogens with one attached hydrogen (secondary N) is 1. The average molecular weight is 574 g/mol. The van der Waals surface area contributed by atoms with Gasteiger partial charge < -0.3 is 10.6 Å². The number of primary amides is 1. The zero-order chi connectivity index (χ0) is 29.4. The summed E-state index contributed by atoms with van der Waals surface area (Å²) in [7, 11) is 0. The number of hydrogen-bond donors (Lipinski definition) is 2. The van der Waals surface area contributed by atoms with Gasteiger partial charge in [-0.25, -0.2) is 4.98 Å². The van der Waals surface area contributed by atoms with E-state index in [2.05, 4.69) is 25.0 Å². The number of benzene rings is 1. The number of rotatable bonds is 7. The van der Waals surface area contributed by atoms with Crippen molar-refractivity contribution in [3.8, 4) is 0 Å². The molecule has 0 saturated carbocycles. The van der Waals surface area contributed by atoms with Crippen LogP contribution < -0.4 is 16.0 Å². The fourth-order valence-corrected chi connectivity index (χ4v) is 6.70. The minimum atomic E-state index is -1.02. The van der Waals surface area contributed by atoms with E-state index in [1.54, 1.807) is 18.2 Å². The van der Waals surface area contributed by atoms with Crippen LogP contribution in [0.4, 0.5) is 5.82 Å². The Balaban J connectivity index is 1.12. The highest BCUT2D eigenvalue weighted by molar-refractivity contribution is 6.23. The fraction of sp³-hybridized carbons (Fsp3) is 0.467. The Labute approximate surface area is 243 Å². The summed E-state index contributed by atoms with van der Waals surface area (Å²) in [5.41, 5.74) is 7.05. The van der Waals surface area contributed by atoms with Crippen molar-refractivity contribution in [2.45, 2.75) is 50.2 Å². The van der Waals surface area contributed by atoms with E-state index < -0.39 is 41.6 Å². The molecule has 12 heteroatoms. The Hall–Kier alpha value is -4.16. The lowest BCUT2D eigenvalue weighted by Gasteiger charge is -2.45. The van der Waals surface area contributed by atoms with Crippen molar-refractivity contribution in [3.05, 3.63) is 59.3 Å². The van der Waals surface area contributed by atoms with Gasteiger partial charge in [-0.15, -0.1) is 0 Å². The molecule has 0 bridgehead atoms. The van der Waals surface area contributed by atoms with Gasteiger partial charge in [0, 0.05) is 51.4 Å². The Bertz CT molecular complexity index is 1410. The predicted octanol–water partition coefficient (Wildman–Crippen LogP) is 0.166. The molecule has 3 N–H and O–H groups in total. The first kappa shape index (κ1) is 28.0. The molecule has 4 aliphatic heterocycles. The summed E-state index contributed by atoms with van der Waals surface area (Å²) in [6, 6.07) is 9.64. The third kappa shape index (κ3) is 5.39. The number of carbonyl (C=O) groups excluding carboxylic acids is 5. The molecule has 1 aromatic carbocycles. The molecule has 6 rings (SSSR count). The van der Waals surface area contributed by atoms with E-state index in [0.29, 0.717) is 12.5 Å². The second-order valence-corrected chi connectivity index (χ2v) is 11.5. The third-order valence-electron chi connectivity index (χ3n) is 8.93. The van der Waals surface area contributed by atoms with Gasteiger partial charge in [0.1, 0.15) is 11.9 Å². The summed E-state index contributed by atoms with van der Waals surface area (Å²) in [5.74, 6) is -1.61. The van der Waals surface area contributed by atoms with Crippen LogP contribution in [0.25, 0.3) is 0 Å². The smallest absolute Gasteiger partial charge is 0.262 e. The normalized spacial score (nSPS) is 24.5. The molecule has 1 aromatic heterocycles. The molecule has 42 heavy (non-hydrogen) atoms. The number of imide groups is 2. The molecule has 220 valence electrons.